The summed E-state index contributed by atoms with van der Waals surface area (Å²) in [4.78, 5) is 12.0. The van der Waals surface area contributed by atoms with Gasteiger partial charge in [-0.2, -0.15) is 0 Å². The van der Waals surface area contributed by atoms with E-state index < -0.39 is 5.41 Å². The Balaban J connectivity index is 4.31. The van der Waals surface area contributed by atoms with Gasteiger partial charge in [-0.15, -0.1) is 0 Å². The van der Waals surface area contributed by atoms with Crippen molar-refractivity contribution in [3.63, 3.8) is 0 Å². The molecule has 0 aliphatic carbocycles. The van der Waals surface area contributed by atoms with Crippen molar-refractivity contribution in [3.05, 3.63) is 0 Å². The molecule has 0 heterocycles. The molecule has 0 spiro atoms. The number of nitrogens with one attached hydrogen (secondary N) is 1. The van der Waals surface area contributed by atoms with E-state index >= 15 is 0 Å². The summed E-state index contributed by atoms with van der Waals surface area (Å²) in [6, 6.07) is -0.165. The van der Waals surface area contributed by atoms with Crippen LogP contribution in [0.2, 0.25) is 0 Å². The van der Waals surface area contributed by atoms with Crippen LogP contribution in [-0.2, 0) is 4.79 Å². The smallest absolute Gasteiger partial charge is 0.225 e. The minimum atomic E-state index is -0.392. The lowest BCUT2D eigenvalue weighted by molar-refractivity contribution is -0.128. The molecule has 3 N–H and O–H groups in total. The first-order chi connectivity index (χ1) is 6.29. The molecule has 1 amide bonds. The van der Waals surface area contributed by atoms with Crippen LogP contribution in [0, 0.1) is 5.41 Å². The first-order valence-corrected chi connectivity index (χ1v) is 5.30. The highest BCUT2D eigenvalue weighted by Gasteiger charge is 2.24. The van der Waals surface area contributed by atoms with Gasteiger partial charge in [0.25, 0.3) is 0 Å². The molecule has 0 rings (SSSR count). The molecule has 0 aliphatic rings. The van der Waals surface area contributed by atoms with Crippen LogP contribution in [0.3, 0.4) is 0 Å². The van der Waals surface area contributed by atoms with Crippen molar-refractivity contribution in [2.24, 2.45) is 11.1 Å². The van der Waals surface area contributed by atoms with Crippen LogP contribution in [0.25, 0.3) is 0 Å². The topological polar surface area (TPSA) is 55.1 Å². The van der Waals surface area contributed by atoms with Crippen LogP contribution in [0.4, 0.5) is 0 Å². The van der Waals surface area contributed by atoms with Crippen molar-refractivity contribution < 1.29 is 4.79 Å². The summed E-state index contributed by atoms with van der Waals surface area (Å²) < 4.78 is 0. The van der Waals surface area contributed by atoms with Gasteiger partial charge in [-0.05, 0) is 6.42 Å². The van der Waals surface area contributed by atoms with E-state index in [4.69, 9.17) is 18.0 Å². The number of nitrogens with two attached hydrogens (primary N) is 1. The van der Waals surface area contributed by atoms with Crippen LogP contribution in [0.5, 0.6) is 0 Å². The first-order valence-electron chi connectivity index (χ1n) is 4.89. The second-order valence-electron chi connectivity index (χ2n) is 4.47. The molecular formula is C10H20N2OS. The molecule has 0 aliphatic heterocycles. The predicted octanol–water partition coefficient (Wildman–Crippen LogP) is 1.60. The largest absolute Gasteiger partial charge is 0.392 e. The summed E-state index contributed by atoms with van der Waals surface area (Å²) >= 11 is 4.89. The van der Waals surface area contributed by atoms with Crippen LogP contribution < -0.4 is 11.1 Å². The lowest BCUT2D eigenvalue weighted by atomic mass is 9.95. The number of thiocarbonyl (C=S) groups is 1. The van der Waals surface area contributed by atoms with E-state index in [-0.39, 0.29) is 11.9 Å². The van der Waals surface area contributed by atoms with Crippen molar-refractivity contribution in [3.8, 4) is 0 Å². The number of hydrogen-bond donors (Lipinski definition) is 2. The van der Waals surface area contributed by atoms with E-state index in [2.05, 4.69) is 5.32 Å². The maximum absolute atomic E-state index is 11.6. The van der Waals surface area contributed by atoms with Crippen LogP contribution >= 0.6 is 12.2 Å². The van der Waals surface area contributed by atoms with E-state index in [1.165, 1.54) is 0 Å². The Morgan fingerprint density at radius 1 is 1.50 bits per heavy atom. The average Bonchev–Trinajstić information content (AvgIpc) is 2.01. The van der Waals surface area contributed by atoms with Gasteiger partial charge in [0.1, 0.15) is 0 Å². The zero-order valence-electron chi connectivity index (χ0n) is 9.39. The second kappa shape index (κ2) is 5.29. The Hall–Kier alpha value is -0.640. The lowest BCUT2D eigenvalue weighted by Crippen LogP contribution is -2.47. The molecule has 4 heteroatoms. The third kappa shape index (κ3) is 4.56. The monoisotopic (exact) mass is 216 g/mol. The van der Waals surface area contributed by atoms with Crippen molar-refractivity contribution in [2.45, 2.75) is 46.6 Å². The Kier molecular flexibility index (Phi) is 5.05. The highest BCUT2D eigenvalue weighted by atomic mass is 32.1. The standard InChI is InChI=1S/C10H20N2OS/c1-5-6-7(8(11)14)12-9(13)10(2,3)4/h7H,5-6H2,1-4H3,(H2,11,14)(H,12,13). The second-order valence-corrected chi connectivity index (χ2v) is 4.94. The summed E-state index contributed by atoms with van der Waals surface area (Å²) in [6.45, 7) is 7.63. The third-order valence-corrected chi connectivity index (χ3v) is 2.19. The van der Waals surface area contributed by atoms with Crippen molar-refractivity contribution >= 4 is 23.1 Å². The molecule has 3 nitrogen and oxygen atoms in total. The molecule has 0 radical (unpaired) electrons. The summed E-state index contributed by atoms with van der Waals surface area (Å²) in [6.07, 6.45) is 1.75. The minimum absolute atomic E-state index is 0.0104. The van der Waals surface area contributed by atoms with E-state index in [1.807, 2.05) is 27.7 Å². The zero-order valence-corrected chi connectivity index (χ0v) is 10.2. The quantitative estimate of drug-likeness (QED) is 0.702. The van der Waals surface area contributed by atoms with Crippen LogP contribution in [-0.4, -0.2) is 16.9 Å². The van der Waals surface area contributed by atoms with E-state index in [0.29, 0.717) is 4.99 Å². The maximum atomic E-state index is 11.6. The predicted molar refractivity (Wildman–Crippen MR) is 63.1 cm³/mol. The van der Waals surface area contributed by atoms with Gasteiger partial charge in [0.2, 0.25) is 5.91 Å². The Bertz CT molecular complexity index is 221. The molecule has 0 saturated heterocycles. The van der Waals surface area contributed by atoms with Gasteiger partial charge < -0.3 is 11.1 Å². The van der Waals surface area contributed by atoms with Crippen molar-refractivity contribution in [1.29, 1.82) is 0 Å². The fourth-order valence-corrected chi connectivity index (χ4v) is 1.13. The molecule has 0 saturated carbocycles. The number of carbonyl (C=O) groups is 1. The SMILES string of the molecule is CCCC(NC(=O)C(C)(C)C)C(N)=S. The first kappa shape index (κ1) is 13.4. The summed E-state index contributed by atoms with van der Waals surface area (Å²) in [5, 5.41) is 2.85. The fourth-order valence-electron chi connectivity index (χ4n) is 0.949. The highest BCUT2D eigenvalue weighted by Crippen LogP contribution is 2.13. The molecule has 0 bridgehead atoms. The number of carbonyl (C=O) groups excluding carboxylic acids is 1. The number of hydrogen-bond acceptors (Lipinski definition) is 2. The van der Waals surface area contributed by atoms with Crippen molar-refractivity contribution in [2.75, 3.05) is 0 Å². The summed E-state index contributed by atoms with van der Waals surface area (Å²) in [5.41, 5.74) is 5.14. The van der Waals surface area contributed by atoms with Crippen LogP contribution in [0.15, 0.2) is 0 Å². The molecule has 1 unspecified atom stereocenters. The number of rotatable bonds is 4. The summed E-state index contributed by atoms with van der Waals surface area (Å²) in [5.74, 6) is -0.0104. The van der Waals surface area contributed by atoms with Gasteiger partial charge in [0.05, 0.1) is 11.0 Å². The van der Waals surface area contributed by atoms with E-state index in [9.17, 15) is 4.79 Å². The lowest BCUT2D eigenvalue weighted by Gasteiger charge is -2.23. The fraction of sp³-hybridized carbons (Fsp3) is 0.800. The van der Waals surface area contributed by atoms with Crippen LogP contribution in [0.1, 0.15) is 40.5 Å². The highest BCUT2D eigenvalue weighted by molar-refractivity contribution is 7.80. The average molecular weight is 216 g/mol. The number of amides is 1. The normalized spacial score (nSPS) is 13.4. The molecule has 0 aromatic heterocycles. The molecule has 82 valence electrons. The van der Waals surface area contributed by atoms with Crippen molar-refractivity contribution in [1.82, 2.24) is 5.32 Å². The van der Waals surface area contributed by atoms with Gasteiger partial charge >= 0.3 is 0 Å². The van der Waals surface area contributed by atoms with Gasteiger partial charge in [0, 0.05) is 5.41 Å². The van der Waals surface area contributed by atoms with E-state index in [0.717, 1.165) is 12.8 Å². The third-order valence-electron chi connectivity index (χ3n) is 1.91. The van der Waals surface area contributed by atoms with Gasteiger partial charge in [-0.25, -0.2) is 0 Å². The van der Waals surface area contributed by atoms with Gasteiger partial charge in [0.15, 0.2) is 0 Å². The zero-order chi connectivity index (χ0) is 11.4. The molecule has 0 aromatic carbocycles. The Labute approximate surface area is 91.4 Å². The molecule has 0 fully saturated rings. The van der Waals surface area contributed by atoms with E-state index in [1.54, 1.807) is 0 Å². The molecule has 14 heavy (non-hydrogen) atoms. The summed E-state index contributed by atoms with van der Waals surface area (Å²) in [7, 11) is 0. The Morgan fingerprint density at radius 3 is 2.29 bits per heavy atom. The van der Waals surface area contributed by atoms with Gasteiger partial charge in [-0.1, -0.05) is 46.3 Å². The molecule has 1 atom stereocenters. The molecular weight excluding hydrogens is 196 g/mol. The minimum Gasteiger partial charge on any atom is -0.392 e. The Morgan fingerprint density at radius 2 is 2.00 bits per heavy atom. The molecule has 0 aromatic rings. The van der Waals surface area contributed by atoms with Gasteiger partial charge in [-0.3, -0.25) is 4.79 Å². The maximum Gasteiger partial charge on any atom is 0.225 e.